The van der Waals surface area contributed by atoms with Crippen LogP contribution in [0.1, 0.15) is 63.1 Å². The Balaban J connectivity index is 2.08. The third-order valence-electron chi connectivity index (χ3n) is 3.48. The zero-order chi connectivity index (χ0) is 12.1. The number of aliphatic hydroxyl groups is 1. The summed E-state index contributed by atoms with van der Waals surface area (Å²) >= 11 is 0. The molecular formula is C15H22O2. The summed E-state index contributed by atoms with van der Waals surface area (Å²) in [6.07, 6.45) is 9.68. The number of rotatable bonds is 3. The number of aliphatic hydroxyl groups excluding tert-OH is 1. The van der Waals surface area contributed by atoms with Crippen LogP contribution in [0.3, 0.4) is 0 Å². The van der Waals surface area contributed by atoms with E-state index >= 15 is 0 Å². The van der Waals surface area contributed by atoms with Crippen LogP contribution in [-0.2, 0) is 6.42 Å². The maximum absolute atomic E-state index is 10.3. The molecule has 1 N–H and O–H groups in total. The van der Waals surface area contributed by atoms with Crippen LogP contribution in [0, 0.1) is 0 Å². The van der Waals surface area contributed by atoms with Crippen molar-refractivity contribution in [3.8, 4) is 0 Å². The molecule has 0 spiro atoms. The molecule has 0 radical (unpaired) electrons. The average Bonchev–Trinajstić information content (AvgIpc) is 2.76. The summed E-state index contributed by atoms with van der Waals surface area (Å²) in [4.78, 5) is 0. The fraction of sp³-hybridized carbons (Fsp3) is 0.600. The lowest BCUT2D eigenvalue weighted by Crippen LogP contribution is -2.02. The molecule has 0 bridgehead atoms. The molecule has 17 heavy (non-hydrogen) atoms. The topological polar surface area (TPSA) is 33.4 Å². The summed E-state index contributed by atoms with van der Waals surface area (Å²) in [6, 6.07) is 3.87. The second-order valence-electron chi connectivity index (χ2n) is 4.79. The van der Waals surface area contributed by atoms with Crippen molar-refractivity contribution in [1.29, 1.82) is 0 Å². The second-order valence-corrected chi connectivity index (χ2v) is 4.79. The Bertz CT molecular complexity index is 376. The summed E-state index contributed by atoms with van der Waals surface area (Å²) in [6.45, 7) is 2.06. The van der Waals surface area contributed by atoms with Crippen molar-refractivity contribution in [2.45, 2.75) is 58.0 Å². The number of furan rings is 1. The van der Waals surface area contributed by atoms with E-state index < -0.39 is 6.10 Å². The van der Waals surface area contributed by atoms with Gasteiger partial charge in [-0.3, -0.25) is 0 Å². The Morgan fingerprint density at radius 2 is 2.06 bits per heavy atom. The molecule has 1 aliphatic rings. The number of hydrogen-bond acceptors (Lipinski definition) is 2. The number of allylic oxidation sites excluding steroid dienone is 1. The lowest BCUT2D eigenvalue weighted by Gasteiger charge is -2.15. The highest BCUT2D eigenvalue weighted by atomic mass is 16.4. The zero-order valence-corrected chi connectivity index (χ0v) is 10.6. The summed E-state index contributed by atoms with van der Waals surface area (Å²) < 4.78 is 5.63. The first-order valence-corrected chi connectivity index (χ1v) is 6.77. The average molecular weight is 234 g/mol. The Labute approximate surface area is 103 Å². The molecule has 0 fully saturated rings. The Hall–Kier alpha value is -1.02. The molecule has 1 aliphatic carbocycles. The lowest BCUT2D eigenvalue weighted by molar-refractivity contribution is 0.177. The fourth-order valence-electron chi connectivity index (χ4n) is 2.38. The summed E-state index contributed by atoms with van der Waals surface area (Å²) in [7, 11) is 0. The molecule has 0 aromatic carbocycles. The zero-order valence-electron chi connectivity index (χ0n) is 10.6. The number of aryl methyl sites for hydroxylation is 1. The monoisotopic (exact) mass is 234 g/mol. The van der Waals surface area contributed by atoms with Crippen molar-refractivity contribution < 1.29 is 9.52 Å². The van der Waals surface area contributed by atoms with E-state index in [4.69, 9.17) is 4.42 Å². The normalized spacial score (nSPS) is 22.4. The van der Waals surface area contributed by atoms with E-state index in [-0.39, 0.29) is 0 Å². The number of hydrogen-bond donors (Lipinski definition) is 1. The van der Waals surface area contributed by atoms with Crippen LogP contribution in [-0.4, -0.2) is 5.11 Å². The molecule has 1 aromatic heterocycles. The molecule has 0 saturated heterocycles. The molecule has 2 nitrogen and oxygen atoms in total. The van der Waals surface area contributed by atoms with Crippen LogP contribution in [0.25, 0.3) is 0 Å². The molecule has 0 amide bonds. The van der Waals surface area contributed by atoms with Gasteiger partial charge in [0.05, 0.1) is 0 Å². The van der Waals surface area contributed by atoms with Gasteiger partial charge in [0.25, 0.3) is 0 Å². The van der Waals surface area contributed by atoms with E-state index in [1.165, 1.54) is 25.7 Å². The highest BCUT2D eigenvalue weighted by Gasteiger charge is 2.17. The van der Waals surface area contributed by atoms with E-state index in [1.807, 2.05) is 12.1 Å². The maximum Gasteiger partial charge on any atom is 0.136 e. The fourth-order valence-corrected chi connectivity index (χ4v) is 2.38. The third-order valence-corrected chi connectivity index (χ3v) is 3.48. The van der Waals surface area contributed by atoms with Crippen molar-refractivity contribution in [2.75, 3.05) is 0 Å². The van der Waals surface area contributed by atoms with Crippen molar-refractivity contribution >= 4 is 0 Å². The van der Waals surface area contributed by atoms with Gasteiger partial charge in [0.15, 0.2) is 0 Å². The molecule has 1 atom stereocenters. The van der Waals surface area contributed by atoms with Gasteiger partial charge in [-0.25, -0.2) is 0 Å². The Morgan fingerprint density at radius 3 is 2.82 bits per heavy atom. The Morgan fingerprint density at radius 1 is 1.24 bits per heavy atom. The van der Waals surface area contributed by atoms with Gasteiger partial charge in [-0.2, -0.15) is 0 Å². The molecule has 0 saturated carbocycles. The van der Waals surface area contributed by atoms with Gasteiger partial charge < -0.3 is 9.52 Å². The van der Waals surface area contributed by atoms with E-state index in [1.54, 1.807) is 0 Å². The van der Waals surface area contributed by atoms with E-state index in [0.29, 0.717) is 5.76 Å². The SMILES string of the molecule is CCc1ccc(C(O)/C2=C/CCCCCC2)o1. The molecule has 1 unspecified atom stereocenters. The van der Waals surface area contributed by atoms with Gasteiger partial charge >= 0.3 is 0 Å². The van der Waals surface area contributed by atoms with E-state index in [0.717, 1.165) is 30.6 Å². The van der Waals surface area contributed by atoms with Crippen molar-refractivity contribution in [3.05, 3.63) is 35.3 Å². The van der Waals surface area contributed by atoms with E-state index in [2.05, 4.69) is 13.0 Å². The summed E-state index contributed by atoms with van der Waals surface area (Å²) in [5, 5.41) is 10.3. The van der Waals surface area contributed by atoms with Crippen LogP contribution < -0.4 is 0 Å². The predicted octanol–water partition coefficient (Wildman–Crippen LogP) is 4.16. The van der Waals surface area contributed by atoms with Gasteiger partial charge in [0.2, 0.25) is 0 Å². The standard InChI is InChI=1S/C15H22O2/c1-2-13-10-11-14(17-13)15(16)12-8-6-4-3-5-7-9-12/h8,10-11,15-16H,2-7,9H2,1H3/b12-8+. The molecule has 2 heteroatoms. The van der Waals surface area contributed by atoms with Gasteiger partial charge in [-0.05, 0) is 43.4 Å². The summed E-state index contributed by atoms with van der Waals surface area (Å²) in [5.41, 5.74) is 1.14. The van der Waals surface area contributed by atoms with Crippen molar-refractivity contribution in [2.24, 2.45) is 0 Å². The molecular weight excluding hydrogens is 212 g/mol. The summed E-state index contributed by atoms with van der Waals surface area (Å²) in [5.74, 6) is 1.65. The van der Waals surface area contributed by atoms with Crippen LogP contribution in [0.15, 0.2) is 28.2 Å². The van der Waals surface area contributed by atoms with E-state index in [9.17, 15) is 5.11 Å². The maximum atomic E-state index is 10.3. The lowest BCUT2D eigenvalue weighted by atomic mass is 9.95. The smallest absolute Gasteiger partial charge is 0.136 e. The van der Waals surface area contributed by atoms with Gasteiger partial charge in [-0.1, -0.05) is 25.8 Å². The van der Waals surface area contributed by atoms with Gasteiger partial charge in [0.1, 0.15) is 17.6 Å². The largest absolute Gasteiger partial charge is 0.463 e. The molecule has 94 valence electrons. The molecule has 1 heterocycles. The highest BCUT2D eigenvalue weighted by Crippen LogP contribution is 2.29. The molecule has 2 rings (SSSR count). The minimum Gasteiger partial charge on any atom is -0.463 e. The Kier molecular flexibility index (Phi) is 4.43. The van der Waals surface area contributed by atoms with Crippen LogP contribution >= 0.6 is 0 Å². The highest BCUT2D eigenvalue weighted by molar-refractivity contribution is 5.20. The van der Waals surface area contributed by atoms with Gasteiger partial charge in [-0.15, -0.1) is 0 Å². The first-order chi connectivity index (χ1) is 8.31. The van der Waals surface area contributed by atoms with Crippen LogP contribution in [0.4, 0.5) is 0 Å². The van der Waals surface area contributed by atoms with Gasteiger partial charge in [0, 0.05) is 6.42 Å². The first kappa shape index (κ1) is 12.4. The quantitative estimate of drug-likeness (QED) is 0.797. The predicted molar refractivity (Wildman–Crippen MR) is 68.8 cm³/mol. The first-order valence-electron chi connectivity index (χ1n) is 6.77. The third kappa shape index (κ3) is 3.22. The van der Waals surface area contributed by atoms with Crippen LogP contribution in [0.5, 0.6) is 0 Å². The molecule has 0 aliphatic heterocycles. The minimum atomic E-state index is -0.534. The van der Waals surface area contributed by atoms with Crippen LogP contribution in [0.2, 0.25) is 0 Å². The minimum absolute atomic E-state index is 0.534. The van der Waals surface area contributed by atoms with Crippen molar-refractivity contribution in [3.63, 3.8) is 0 Å². The second kappa shape index (κ2) is 6.06. The molecule has 1 aromatic rings. The van der Waals surface area contributed by atoms with Crippen molar-refractivity contribution in [1.82, 2.24) is 0 Å².